The summed E-state index contributed by atoms with van der Waals surface area (Å²) < 4.78 is -0.179. The van der Waals surface area contributed by atoms with E-state index in [9.17, 15) is 4.79 Å². The lowest BCUT2D eigenvalue weighted by Crippen LogP contribution is -2.25. The number of rotatable bonds is 5. The lowest BCUT2D eigenvalue weighted by atomic mass is 10.1. The lowest BCUT2D eigenvalue weighted by Gasteiger charge is -2.10. The first-order valence-electron chi connectivity index (χ1n) is 7.06. The summed E-state index contributed by atoms with van der Waals surface area (Å²) in [7, 11) is 0. The van der Waals surface area contributed by atoms with Gasteiger partial charge in [0, 0.05) is 5.25 Å². The Hall–Kier alpha value is -0.820. The van der Waals surface area contributed by atoms with E-state index in [-0.39, 0.29) is 11.2 Å². The van der Waals surface area contributed by atoms with Crippen LogP contribution in [0.25, 0.3) is 0 Å². The van der Waals surface area contributed by atoms with Gasteiger partial charge in [-0.3, -0.25) is 10.1 Å². The van der Waals surface area contributed by atoms with E-state index in [1.807, 2.05) is 18.2 Å². The predicted octanol–water partition coefficient (Wildman–Crippen LogP) is 4.91. The fraction of sp³-hybridized carbons (Fsp3) is 0.400. The molecule has 0 bridgehead atoms. The second-order valence-corrected chi connectivity index (χ2v) is 9.76. The van der Waals surface area contributed by atoms with Crippen molar-refractivity contribution in [3.63, 3.8) is 0 Å². The van der Waals surface area contributed by atoms with Crippen LogP contribution in [0.2, 0.25) is 0 Å². The Balaban J connectivity index is 1.62. The van der Waals surface area contributed by atoms with Gasteiger partial charge in [-0.15, -0.1) is 33.4 Å². The summed E-state index contributed by atoms with van der Waals surface area (Å²) in [4.78, 5) is 12.2. The monoisotopic (exact) mass is 387 g/mol. The largest absolute Gasteiger partial charge is 0.300 e. The standard InChI is InChI=1S/C15H15Cl2N3OS2/c1-9(10-6-4-3-5-7-10)22-13-20-19-12(23-13)18-11(21)14(2)8-15(14,16)17/h3-7,9H,8H2,1-2H3,(H,18,19,21)/t9-,14+/m1/s1. The van der Waals surface area contributed by atoms with E-state index in [1.54, 1.807) is 18.7 Å². The van der Waals surface area contributed by atoms with Crippen LogP contribution in [0.3, 0.4) is 0 Å². The smallest absolute Gasteiger partial charge is 0.235 e. The number of amides is 1. The summed E-state index contributed by atoms with van der Waals surface area (Å²) in [5.74, 6) is -0.216. The molecule has 0 radical (unpaired) electrons. The van der Waals surface area contributed by atoms with Crippen molar-refractivity contribution in [2.45, 2.75) is 34.2 Å². The van der Waals surface area contributed by atoms with Crippen molar-refractivity contribution < 1.29 is 4.79 Å². The molecule has 1 heterocycles. The second-order valence-electron chi connectivity index (χ2n) is 5.71. The van der Waals surface area contributed by atoms with Gasteiger partial charge < -0.3 is 0 Å². The second kappa shape index (κ2) is 6.24. The minimum atomic E-state index is -0.985. The average molecular weight is 388 g/mol. The third-order valence-electron chi connectivity index (χ3n) is 3.93. The SMILES string of the molecule is C[C@@H](Sc1nnc(NC(=O)[C@]2(C)CC2(Cl)Cl)s1)c1ccccc1. The van der Waals surface area contributed by atoms with Gasteiger partial charge in [0.05, 0.1) is 5.41 Å². The topological polar surface area (TPSA) is 54.9 Å². The number of benzene rings is 1. The van der Waals surface area contributed by atoms with Crippen molar-refractivity contribution in [1.29, 1.82) is 0 Å². The van der Waals surface area contributed by atoms with Crippen LogP contribution in [0.4, 0.5) is 5.13 Å². The zero-order valence-corrected chi connectivity index (χ0v) is 15.7. The van der Waals surface area contributed by atoms with Crippen molar-refractivity contribution in [3.05, 3.63) is 35.9 Å². The molecular weight excluding hydrogens is 373 g/mol. The van der Waals surface area contributed by atoms with Gasteiger partial charge in [0.2, 0.25) is 11.0 Å². The molecule has 1 aliphatic carbocycles. The lowest BCUT2D eigenvalue weighted by molar-refractivity contribution is -0.120. The van der Waals surface area contributed by atoms with Crippen molar-refractivity contribution in [2.24, 2.45) is 5.41 Å². The highest BCUT2D eigenvalue weighted by Crippen LogP contribution is 2.64. The molecule has 1 aliphatic rings. The van der Waals surface area contributed by atoms with Gasteiger partial charge in [0.25, 0.3) is 0 Å². The maximum absolute atomic E-state index is 12.2. The van der Waals surface area contributed by atoms with Crippen molar-refractivity contribution in [3.8, 4) is 0 Å². The number of alkyl halides is 2. The summed E-state index contributed by atoms with van der Waals surface area (Å²) in [5.41, 5.74) is 0.463. The molecule has 2 aromatic rings. The van der Waals surface area contributed by atoms with Crippen molar-refractivity contribution in [1.82, 2.24) is 10.2 Å². The van der Waals surface area contributed by atoms with Crippen molar-refractivity contribution in [2.75, 3.05) is 5.32 Å². The van der Waals surface area contributed by atoms with Crippen LogP contribution in [0, 0.1) is 5.41 Å². The van der Waals surface area contributed by atoms with Crippen LogP contribution in [0.1, 0.15) is 31.1 Å². The summed E-state index contributed by atoms with van der Waals surface area (Å²) in [6.07, 6.45) is 0.445. The molecule has 8 heteroatoms. The van der Waals surface area contributed by atoms with E-state index in [0.29, 0.717) is 11.6 Å². The van der Waals surface area contributed by atoms with E-state index in [2.05, 4.69) is 34.6 Å². The Morgan fingerprint density at radius 3 is 2.61 bits per heavy atom. The molecule has 4 nitrogen and oxygen atoms in total. The number of carbonyl (C=O) groups is 1. The molecule has 1 saturated carbocycles. The first kappa shape index (κ1) is 17.0. The van der Waals surface area contributed by atoms with Gasteiger partial charge in [-0.05, 0) is 25.8 Å². The van der Waals surface area contributed by atoms with Crippen LogP contribution in [-0.2, 0) is 4.79 Å². The van der Waals surface area contributed by atoms with E-state index in [1.165, 1.54) is 16.9 Å². The molecule has 0 saturated heterocycles. The number of nitrogens with zero attached hydrogens (tertiary/aromatic N) is 2. The van der Waals surface area contributed by atoms with Crippen LogP contribution in [0.5, 0.6) is 0 Å². The molecule has 0 spiro atoms. The van der Waals surface area contributed by atoms with Crippen LogP contribution >= 0.6 is 46.3 Å². The van der Waals surface area contributed by atoms with E-state index >= 15 is 0 Å². The number of thioether (sulfide) groups is 1. The highest BCUT2D eigenvalue weighted by molar-refractivity contribution is 8.01. The van der Waals surface area contributed by atoms with Gasteiger partial charge in [-0.1, -0.05) is 53.4 Å². The Labute approximate surface area is 153 Å². The minimum Gasteiger partial charge on any atom is -0.300 e. The molecule has 1 fully saturated rings. The zero-order chi connectivity index (χ0) is 16.7. The fourth-order valence-electron chi connectivity index (χ4n) is 2.13. The fourth-order valence-corrected chi connectivity index (χ4v) is 4.86. The minimum absolute atomic E-state index is 0.216. The van der Waals surface area contributed by atoms with Crippen LogP contribution in [0.15, 0.2) is 34.7 Å². The Bertz CT molecular complexity index is 723. The summed E-state index contributed by atoms with van der Waals surface area (Å²) in [6, 6.07) is 10.2. The predicted molar refractivity (Wildman–Crippen MR) is 96.4 cm³/mol. The van der Waals surface area contributed by atoms with Gasteiger partial charge >= 0.3 is 0 Å². The third kappa shape index (κ3) is 3.50. The normalized spacial score (nSPS) is 23.3. The number of aromatic nitrogens is 2. The molecule has 23 heavy (non-hydrogen) atoms. The molecule has 0 aliphatic heterocycles. The molecule has 3 rings (SSSR count). The molecule has 1 amide bonds. The van der Waals surface area contributed by atoms with E-state index in [0.717, 1.165) is 4.34 Å². The third-order valence-corrected chi connectivity index (χ3v) is 7.11. The number of nitrogens with one attached hydrogen (secondary N) is 1. The summed E-state index contributed by atoms with van der Waals surface area (Å²) >= 11 is 15.0. The van der Waals surface area contributed by atoms with Gasteiger partial charge in [-0.2, -0.15) is 0 Å². The molecule has 0 unspecified atom stereocenters. The maximum Gasteiger partial charge on any atom is 0.235 e. The first-order chi connectivity index (χ1) is 10.8. The van der Waals surface area contributed by atoms with Gasteiger partial charge in [-0.25, -0.2) is 0 Å². The Morgan fingerprint density at radius 2 is 2.00 bits per heavy atom. The average Bonchev–Trinajstić information content (AvgIpc) is 2.84. The molecular formula is C15H15Cl2N3OS2. The Morgan fingerprint density at radius 1 is 1.35 bits per heavy atom. The van der Waals surface area contributed by atoms with Crippen molar-refractivity contribution >= 4 is 57.3 Å². The maximum atomic E-state index is 12.2. The van der Waals surface area contributed by atoms with Gasteiger partial charge in [0.15, 0.2) is 4.34 Å². The molecule has 1 aromatic carbocycles. The summed E-state index contributed by atoms with van der Waals surface area (Å²) in [5, 5.41) is 11.6. The number of hydrogen-bond donors (Lipinski definition) is 1. The summed E-state index contributed by atoms with van der Waals surface area (Å²) in [6.45, 7) is 3.86. The molecule has 1 aromatic heterocycles. The molecule has 122 valence electrons. The van der Waals surface area contributed by atoms with Gasteiger partial charge in [0.1, 0.15) is 4.33 Å². The van der Waals surface area contributed by atoms with Crippen LogP contribution < -0.4 is 5.32 Å². The molecule has 2 atom stereocenters. The Kier molecular flexibility index (Phi) is 4.62. The highest BCUT2D eigenvalue weighted by Gasteiger charge is 2.68. The quantitative estimate of drug-likeness (QED) is 0.449. The van der Waals surface area contributed by atoms with E-state index in [4.69, 9.17) is 23.2 Å². The first-order valence-corrected chi connectivity index (χ1v) is 9.51. The van der Waals surface area contributed by atoms with E-state index < -0.39 is 9.75 Å². The highest BCUT2D eigenvalue weighted by atomic mass is 35.5. The number of hydrogen-bond acceptors (Lipinski definition) is 5. The number of carbonyl (C=O) groups excluding carboxylic acids is 1. The van der Waals surface area contributed by atoms with Crippen LogP contribution in [-0.4, -0.2) is 20.4 Å². The zero-order valence-electron chi connectivity index (χ0n) is 12.5. The molecule has 1 N–H and O–H groups in total. The number of anilines is 1. The number of halogens is 2.